The highest BCUT2D eigenvalue weighted by Gasteiger charge is 2.14. The standard InChI is InChI=1S/C11H17ClN2O3S2/c12-10-3-2-9(8-11(10)13)19(16,17)14-4-7-18-6-1-5-15/h2-3,8,14-15H,1,4-7,13H2. The summed E-state index contributed by atoms with van der Waals surface area (Å²) in [4.78, 5) is 0.106. The van der Waals surface area contributed by atoms with Gasteiger partial charge in [0.15, 0.2) is 0 Å². The van der Waals surface area contributed by atoms with Gasteiger partial charge in [0.2, 0.25) is 10.0 Å². The average molecular weight is 325 g/mol. The summed E-state index contributed by atoms with van der Waals surface area (Å²) in [7, 11) is -3.54. The average Bonchev–Trinajstić information content (AvgIpc) is 2.36. The number of anilines is 1. The van der Waals surface area contributed by atoms with E-state index in [1.54, 1.807) is 11.8 Å². The number of sulfonamides is 1. The van der Waals surface area contributed by atoms with Crippen LogP contribution in [0.25, 0.3) is 0 Å². The Kier molecular flexibility index (Phi) is 6.95. The highest BCUT2D eigenvalue weighted by Crippen LogP contribution is 2.22. The summed E-state index contributed by atoms with van der Waals surface area (Å²) in [5.41, 5.74) is 5.81. The minimum Gasteiger partial charge on any atom is -0.397 e. The molecule has 0 aliphatic heterocycles. The van der Waals surface area contributed by atoms with E-state index in [4.69, 9.17) is 22.4 Å². The van der Waals surface area contributed by atoms with Crippen molar-refractivity contribution in [3.8, 4) is 0 Å². The first-order valence-corrected chi connectivity index (χ1v) is 8.72. The van der Waals surface area contributed by atoms with Crippen molar-refractivity contribution in [2.75, 3.05) is 30.4 Å². The summed E-state index contributed by atoms with van der Waals surface area (Å²) in [6, 6.07) is 4.21. The number of nitrogens with one attached hydrogen (secondary N) is 1. The molecule has 0 spiro atoms. The number of aliphatic hydroxyl groups excluding tert-OH is 1. The zero-order valence-electron chi connectivity index (χ0n) is 10.3. The van der Waals surface area contributed by atoms with E-state index in [0.29, 0.717) is 23.7 Å². The number of nitrogens with two attached hydrogens (primary N) is 1. The number of hydrogen-bond donors (Lipinski definition) is 3. The van der Waals surface area contributed by atoms with Gasteiger partial charge in [-0.2, -0.15) is 11.8 Å². The fourth-order valence-electron chi connectivity index (χ4n) is 1.29. The van der Waals surface area contributed by atoms with Crippen LogP contribution in [0.1, 0.15) is 6.42 Å². The molecule has 1 aromatic carbocycles. The van der Waals surface area contributed by atoms with Crippen LogP contribution in [0.3, 0.4) is 0 Å². The molecule has 1 aromatic rings. The van der Waals surface area contributed by atoms with Crippen molar-refractivity contribution in [3.05, 3.63) is 23.2 Å². The molecule has 0 fully saturated rings. The first-order chi connectivity index (χ1) is 8.97. The van der Waals surface area contributed by atoms with Crippen molar-refractivity contribution >= 4 is 39.1 Å². The normalized spacial score (nSPS) is 11.7. The van der Waals surface area contributed by atoms with E-state index >= 15 is 0 Å². The van der Waals surface area contributed by atoms with Gasteiger partial charge in [-0.15, -0.1) is 0 Å². The number of halogens is 1. The molecule has 0 radical (unpaired) electrons. The molecule has 0 aliphatic rings. The van der Waals surface area contributed by atoms with Crippen LogP contribution < -0.4 is 10.5 Å². The first kappa shape index (κ1) is 16.6. The lowest BCUT2D eigenvalue weighted by Gasteiger charge is -2.08. The van der Waals surface area contributed by atoms with E-state index < -0.39 is 10.0 Å². The second-order valence-electron chi connectivity index (χ2n) is 3.77. The Labute approximate surface area is 122 Å². The highest BCUT2D eigenvalue weighted by molar-refractivity contribution is 7.99. The summed E-state index contributed by atoms with van der Waals surface area (Å²) < 4.78 is 26.3. The first-order valence-electron chi connectivity index (χ1n) is 5.70. The van der Waals surface area contributed by atoms with Crippen LogP contribution in [0.5, 0.6) is 0 Å². The third kappa shape index (κ3) is 5.58. The molecule has 8 heteroatoms. The maximum atomic E-state index is 11.9. The van der Waals surface area contributed by atoms with Gasteiger partial charge in [0.25, 0.3) is 0 Å². The summed E-state index contributed by atoms with van der Waals surface area (Å²) in [5.74, 6) is 1.47. The lowest BCUT2D eigenvalue weighted by Crippen LogP contribution is -2.26. The molecule has 0 saturated heterocycles. The monoisotopic (exact) mass is 324 g/mol. The molecule has 0 unspecified atom stereocenters. The Bertz CT molecular complexity index is 509. The van der Waals surface area contributed by atoms with Crippen molar-refractivity contribution in [3.63, 3.8) is 0 Å². The molecular formula is C11H17ClN2O3S2. The molecular weight excluding hydrogens is 308 g/mol. The van der Waals surface area contributed by atoms with Gasteiger partial charge in [0.05, 0.1) is 15.6 Å². The number of thioether (sulfide) groups is 1. The number of benzene rings is 1. The fourth-order valence-corrected chi connectivity index (χ4v) is 3.39. The van der Waals surface area contributed by atoms with Crippen molar-refractivity contribution in [1.82, 2.24) is 4.72 Å². The van der Waals surface area contributed by atoms with Gasteiger partial charge >= 0.3 is 0 Å². The minimum absolute atomic E-state index is 0.106. The number of aliphatic hydroxyl groups is 1. The molecule has 4 N–H and O–H groups in total. The van der Waals surface area contributed by atoms with E-state index in [1.165, 1.54) is 18.2 Å². The quantitative estimate of drug-likeness (QED) is 0.495. The largest absolute Gasteiger partial charge is 0.397 e. The predicted molar refractivity (Wildman–Crippen MR) is 80.1 cm³/mol. The van der Waals surface area contributed by atoms with E-state index in [0.717, 1.165) is 5.75 Å². The zero-order valence-corrected chi connectivity index (χ0v) is 12.7. The topological polar surface area (TPSA) is 92.4 Å². The summed E-state index contributed by atoms with van der Waals surface area (Å²) >= 11 is 7.33. The van der Waals surface area contributed by atoms with Crippen LogP contribution in [0, 0.1) is 0 Å². The van der Waals surface area contributed by atoms with Gasteiger partial charge < -0.3 is 10.8 Å². The molecule has 0 aromatic heterocycles. The Balaban J connectivity index is 2.49. The lowest BCUT2D eigenvalue weighted by molar-refractivity contribution is 0.296. The van der Waals surface area contributed by atoms with Crippen LogP contribution in [0.15, 0.2) is 23.1 Å². The van der Waals surface area contributed by atoms with Crippen LogP contribution in [0.2, 0.25) is 5.02 Å². The van der Waals surface area contributed by atoms with Gasteiger partial charge in [-0.1, -0.05) is 11.6 Å². The molecule has 0 saturated carbocycles. The fraction of sp³-hybridized carbons (Fsp3) is 0.455. The summed E-state index contributed by atoms with van der Waals surface area (Å²) in [6.45, 7) is 0.490. The third-order valence-electron chi connectivity index (χ3n) is 2.26. The van der Waals surface area contributed by atoms with Gasteiger partial charge in [-0.05, 0) is 30.4 Å². The van der Waals surface area contributed by atoms with Crippen molar-refractivity contribution < 1.29 is 13.5 Å². The zero-order chi connectivity index (χ0) is 14.3. The van der Waals surface area contributed by atoms with Crippen LogP contribution in [-0.2, 0) is 10.0 Å². The molecule has 19 heavy (non-hydrogen) atoms. The van der Waals surface area contributed by atoms with E-state index in [2.05, 4.69) is 4.72 Å². The Morgan fingerprint density at radius 3 is 2.74 bits per heavy atom. The minimum atomic E-state index is -3.54. The third-order valence-corrected chi connectivity index (χ3v) is 5.14. The predicted octanol–water partition coefficient (Wildman–Crippen LogP) is 1.32. The number of hydrogen-bond acceptors (Lipinski definition) is 5. The molecule has 0 amide bonds. The second-order valence-corrected chi connectivity index (χ2v) is 7.17. The lowest BCUT2D eigenvalue weighted by atomic mass is 10.3. The molecule has 0 atom stereocenters. The van der Waals surface area contributed by atoms with E-state index in [1.807, 2.05) is 0 Å². The molecule has 5 nitrogen and oxygen atoms in total. The molecule has 0 heterocycles. The molecule has 108 valence electrons. The smallest absolute Gasteiger partial charge is 0.240 e. The van der Waals surface area contributed by atoms with Crippen LogP contribution in [-0.4, -0.2) is 38.2 Å². The molecule has 0 bridgehead atoms. The van der Waals surface area contributed by atoms with Gasteiger partial charge in [-0.3, -0.25) is 0 Å². The number of nitrogen functional groups attached to an aromatic ring is 1. The second kappa shape index (κ2) is 7.96. The van der Waals surface area contributed by atoms with E-state index in [9.17, 15) is 8.42 Å². The van der Waals surface area contributed by atoms with Crippen molar-refractivity contribution in [2.24, 2.45) is 0 Å². The van der Waals surface area contributed by atoms with Crippen LogP contribution in [0.4, 0.5) is 5.69 Å². The van der Waals surface area contributed by atoms with Gasteiger partial charge in [0, 0.05) is 18.9 Å². The maximum Gasteiger partial charge on any atom is 0.240 e. The van der Waals surface area contributed by atoms with Crippen LogP contribution >= 0.6 is 23.4 Å². The molecule has 1 rings (SSSR count). The van der Waals surface area contributed by atoms with Crippen molar-refractivity contribution in [2.45, 2.75) is 11.3 Å². The highest BCUT2D eigenvalue weighted by atomic mass is 35.5. The van der Waals surface area contributed by atoms with Crippen molar-refractivity contribution in [1.29, 1.82) is 0 Å². The Morgan fingerprint density at radius 2 is 2.11 bits per heavy atom. The SMILES string of the molecule is Nc1cc(S(=O)(=O)NCCSCCCO)ccc1Cl. The van der Waals surface area contributed by atoms with Gasteiger partial charge in [-0.25, -0.2) is 13.1 Å². The summed E-state index contributed by atoms with van der Waals surface area (Å²) in [5, 5.41) is 8.93. The van der Waals surface area contributed by atoms with Gasteiger partial charge in [0.1, 0.15) is 0 Å². The Morgan fingerprint density at radius 1 is 1.37 bits per heavy atom. The molecule has 0 aliphatic carbocycles. The summed E-state index contributed by atoms with van der Waals surface area (Å²) in [6.07, 6.45) is 0.713. The van der Waals surface area contributed by atoms with E-state index in [-0.39, 0.29) is 17.2 Å². The Hall–Kier alpha value is -0.470. The maximum absolute atomic E-state index is 11.9. The number of rotatable bonds is 8.